The Hall–Kier alpha value is -3.94. The van der Waals surface area contributed by atoms with Crippen molar-refractivity contribution in [3.8, 4) is 17.0 Å². The monoisotopic (exact) mass is 498 g/mol. The van der Waals surface area contributed by atoms with Crippen molar-refractivity contribution in [3.63, 3.8) is 0 Å². The van der Waals surface area contributed by atoms with E-state index in [0.717, 1.165) is 85.8 Å². The number of piperidine rings is 1. The van der Waals surface area contributed by atoms with Gasteiger partial charge in [-0.1, -0.05) is 19.4 Å². The lowest BCUT2D eigenvalue weighted by molar-refractivity contribution is -0.125. The lowest BCUT2D eigenvalue weighted by Gasteiger charge is -2.32. The van der Waals surface area contributed by atoms with Crippen LogP contribution in [-0.2, 0) is 11.2 Å². The number of pyridine rings is 1. The molecular formula is C29H34N6O2. The summed E-state index contributed by atoms with van der Waals surface area (Å²) in [5.41, 5.74) is 3.90. The number of nitrogens with one attached hydrogen (secondary N) is 1. The second kappa shape index (κ2) is 11.9. The molecule has 1 saturated heterocycles. The van der Waals surface area contributed by atoms with Crippen LogP contribution >= 0.6 is 0 Å². The van der Waals surface area contributed by atoms with Gasteiger partial charge in [0.25, 0.3) is 0 Å². The molecule has 37 heavy (non-hydrogen) atoms. The van der Waals surface area contributed by atoms with Crippen molar-refractivity contribution in [2.45, 2.75) is 39.0 Å². The molecule has 1 aromatic carbocycles. The van der Waals surface area contributed by atoms with Crippen LogP contribution in [0.3, 0.4) is 0 Å². The van der Waals surface area contributed by atoms with Gasteiger partial charge in [0.2, 0.25) is 5.91 Å². The quantitative estimate of drug-likeness (QED) is 0.323. The van der Waals surface area contributed by atoms with E-state index in [9.17, 15) is 4.79 Å². The number of ether oxygens (including phenoxy) is 1. The minimum absolute atomic E-state index is 0.0262. The zero-order chi connectivity index (χ0) is 25.5. The van der Waals surface area contributed by atoms with Crippen molar-refractivity contribution in [1.82, 2.24) is 24.9 Å². The molecule has 8 nitrogen and oxygen atoms in total. The molecule has 0 bridgehead atoms. The summed E-state index contributed by atoms with van der Waals surface area (Å²) < 4.78 is 7.68. The number of anilines is 1. The molecular weight excluding hydrogens is 464 g/mol. The second-order valence-corrected chi connectivity index (χ2v) is 9.46. The number of carbonyl (C=O) groups is 1. The molecule has 0 atom stereocenters. The number of benzene rings is 1. The van der Waals surface area contributed by atoms with Crippen molar-refractivity contribution in [1.29, 1.82) is 0 Å². The number of aromatic nitrogens is 4. The molecule has 4 heterocycles. The van der Waals surface area contributed by atoms with E-state index in [2.05, 4.69) is 33.2 Å². The lowest BCUT2D eigenvalue weighted by atomic mass is 9.96. The highest BCUT2D eigenvalue weighted by molar-refractivity contribution is 5.79. The van der Waals surface area contributed by atoms with Gasteiger partial charge in [0.1, 0.15) is 11.3 Å². The first-order chi connectivity index (χ1) is 18.2. The fraction of sp³-hybridized carbons (Fsp3) is 0.379. The molecule has 1 N–H and O–H groups in total. The SMILES string of the molecule is CCCCOc1ccc(-c2cc3c(N4CCC(C(=O)NCCc5ccccn5)CC4)nccn3n2)cc1. The summed E-state index contributed by atoms with van der Waals surface area (Å²) in [6.07, 6.45) is 9.98. The first-order valence-corrected chi connectivity index (χ1v) is 13.2. The third-order valence-electron chi connectivity index (χ3n) is 6.86. The number of nitrogens with zero attached hydrogens (tertiary/aromatic N) is 5. The number of fused-ring (bicyclic) bond motifs is 1. The van der Waals surface area contributed by atoms with Gasteiger partial charge in [0.15, 0.2) is 5.82 Å². The van der Waals surface area contributed by atoms with E-state index < -0.39 is 0 Å². The molecule has 0 unspecified atom stereocenters. The Morgan fingerprint density at radius 3 is 2.68 bits per heavy atom. The molecule has 5 rings (SSSR count). The van der Waals surface area contributed by atoms with Crippen molar-refractivity contribution >= 4 is 17.2 Å². The Morgan fingerprint density at radius 2 is 1.92 bits per heavy atom. The van der Waals surface area contributed by atoms with Gasteiger partial charge in [-0.15, -0.1) is 0 Å². The molecule has 0 aliphatic carbocycles. The molecule has 192 valence electrons. The Balaban J connectivity index is 1.19. The fourth-order valence-electron chi connectivity index (χ4n) is 4.71. The first kappa shape index (κ1) is 24.7. The Bertz CT molecular complexity index is 1300. The van der Waals surface area contributed by atoms with Crippen LogP contribution in [0.5, 0.6) is 5.75 Å². The topological polar surface area (TPSA) is 84.6 Å². The summed E-state index contributed by atoms with van der Waals surface area (Å²) in [6, 6.07) is 16.0. The number of amides is 1. The molecule has 0 radical (unpaired) electrons. The van der Waals surface area contributed by atoms with Crippen molar-refractivity contribution < 1.29 is 9.53 Å². The van der Waals surface area contributed by atoms with E-state index in [4.69, 9.17) is 9.84 Å². The molecule has 0 spiro atoms. The van der Waals surface area contributed by atoms with Crippen LogP contribution in [0.15, 0.2) is 67.1 Å². The van der Waals surface area contributed by atoms with Crippen LogP contribution in [-0.4, -0.2) is 51.7 Å². The highest BCUT2D eigenvalue weighted by atomic mass is 16.5. The summed E-state index contributed by atoms with van der Waals surface area (Å²) in [6.45, 7) is 5.08. The Kier molecular flexibility index (Phi) is 7.93. The van der Waals surface area contributed by atoms with E-state index in [1.165, 1.54) is 0 Å². The van der Waals surface area contributed by atoms with Gasteiger partial charge in [0, 0.05) is 61.8 Å². The highest BCUT2D eigenvalue weighted by Crippen LogP contribution is 2.29. The Morgan fingerprint density at radius 1 is 1.08 bits per heavy atom. The minimum Gasteiger partial charge on any atom is -0.494 e. The first-order valence-electron chi connectivity index (χ1n) is 13.2. The molecule has 3 aromatic heterocycles. The van der Waals surface area contributed by atoms with Gasteiger partial charge in [-0.3, -0.25) is 9.78 Å². The molecule has 8 heteroatoms. The number of hydrogen-bond donors (Lipinski definition) is 1. The van der Waals surface area contributed by atoms with Crippen molar-refractivity contribution in [2.24, 2.45) is 5.92 Å². The number of rotatable bonds is 10. The number of unbranched alkanes of at least 4 members (excludes halogenated alkanes) is 1. The summed E-state index contributed by atoms with van der Waals surface area (Å²) in [7, 11) is 0. The van der Waals surface area contributed by atoms with Crippen LogP contribution in [0.1, 0.15) is 38.3 Å². The van der Waals surface area contributed by atoms with Gasteiger partial charge >= 0.3 is 0 Å². The average Bonchev–Trinajstić information content (AvgIpc) is 3.39. The van der Waals surface area contributed by atoms with Crippen LogP contribution in [0.2, 0.25) is 0 Å². The van der Waals surface area contributed by atoms with Gasteiger partial charge in [-0.25, -0.2) is 9.50 Å². The van der Waals surface area contributed by atoms with Crippen LogP contribution in [0, 0.1) is 5.92 Å². The predicted octanol–water partition coefficient (Wildman–Crippen LogP) is 4.55. The van der Waals surface area contributed by atoms with E-state index >= 15 is 0 Å². The standard InChI is InChI=1S/C29H34N6O2/c1-2-3-20-37-25-9-7-22(8-10-25)26-21-27-28(31-16-19-35(27)33-26)34-17-12-23(13-18-34)29(36)32-15-11-24-6-4-5-14-30-24/h4-10,14,16,19,21,23H,2-3,11-13,15,17-18,20H2,1H3,(H,32,36). The molecule has 1 aliphatic rings. The molecule has 1 amide bonds. The maximum atomic E-state index is 12.7. The van der Waals surface area contributed by atoms with E-state index in [0.29, 0.717) is 6.54 Å². The molecule has 4 aromatic rings. The normalized spacial score (nSPS) is 14.1. The number of hydrogen-bond acceptors (Lipinski definition) is 6. The maximum absolute atomic E-state index is 12.7. The van der Waals surface area contributed by atoms with Gasteiger partial charge in [0.05, 0.1) is 12.3 Å². The molecule has 1 aliphatic heterocycles. The minimum atomic E-state index is 0.0262. The predicted molar refractivity (Wildman–Crippen MR) is 145 cm³/mol. The smallest absolute Gasteiger partial charge is 0.223 e. The zero-order valence-electron chi connectivity index (χ0n) is 21.3. The molecule has 0 saturated carbocycles. The molecule has 1 fully saturated rings. The van der Waals surface area contributed by atoms with Crippen LogP contribution < -0.4 is 15.0 Å². The van der Waals surface area contributed by atoms with Crippen LogP contribution in [0.25, 0.3) is 16.8 Å². The van der Waals surface area contributed by atoms with Gasteiger partial charge < -0.3 is 15.0 Å². The largest absolute Gasteiger partial charge is 0.494 e. The maximum Gasteiger partial charge on any atom is 0.223 e. The summed E-state index contributed by atoms with van der Waals surface area (Å²) in [5, 5.41) is 7.87. The number of carbonyl (C=O) groups excluding carboxylic acids is 1. The highest BCUT2D eigenvalue weighted by Gasteiger charge is 2.26. The summed E-state index contributed by atoms with van der Waals surface area (Å²) in [5.74, 6) is 1.95. The van der Waals surface area contributed by atoms with Crippen LogP contribution in [0.4, 0.5) is 5.82 Å². The van der Waals surface area contributed by atoms with Gasteiger partial charge in [-0.05, 0) is 61.7 Å². The average molecular weight is 499 g/mol. The lowest BCUT2D eigenvalue weighted by Crippen LogP contribution is -2.41. The summed E-state index contributed by atoms with van der Waals surface area (Å²) in [4.78, 5) is 24.0. The van der Waals surface area contributed by atoms with E-state index in [1.54, 1.807) is 12.4 Å². The van der Waals surface area contributed by atoms with Gasteiger partial charge in [-0.2, -0.15) is 5.10 Å². The van der Waals surface area contributed by atoms with Crippen molar-refractivity contribution in [2.75, 3.05) is 31.1 Å². The third-order valence-corrected chi connectivity index (χ3v) is 6.86. The zero-order valence-corrected chi connectivity index (χ0v) is 21.3. The second-order valence-electron chi connectivity index (χ2n) is 9.46. The Labute approximate surface area is 217 Å². The van der Waals surface area contributed by atoms with E-state index in [-0.39, 0.29) is 11.8 Å². The fourth-order valence-corrected chi connectivity index (χ4v) is 4.71. The van der Waals surface area contributed by atoms with E-state index in [1.807, 2.05) is 53.2 Å². The summed E-state index contributed by atoms with van der Waals surface area (Å²) >= 11 is 0. The third kappa shape index (κ3) is 6.07. The van der Waals surface area contributed by atoms with Crippen molar-refractivity contribution in [3.05, 3.63) is 72.8 Å².